The van der Waals surface area contributed by atoms with Crippen LogP contribution in [0.4, 0.5) is 0 Å². The molecular formula is C18H12ClNO2. The van der Waals surface area contributed by atoms with Gasteiger partial charge in [0, 0.05) is 16.9 Å². The highest BCUT2D eigenvalue weighted by molar-refractivity contribution is 6.31. The summed E-state index contributed by atoms with van der Waals surface area (Å²) in [4.78, 5) is 24.7. The molecule has 1 saturated heterocycles. The predicted molar refractivity (Wildman–Crippen MR) is 81.7 cm³/mol. The summed E-state index contributed by atoms with van der Waals surface area (Å²) >= 11 is 6.46. The molecule has 1 heterocycles. The van der Waals surface area contributed by atoms with Crippen molar-refractivity contribution in [3.8, 4) is 0 Å². The smallest absolute Gasteiger partial charge is 0.231 e. The van der Waals surface area contributed by atoms with E-state index >= 15 is 0 Å². The zero-order chi connectivity index (χ0) is 15.0. The number of nitrogens with one attached hydrogen (secondary N) is 1. The molecule has 2 bridgehead atoms. The molecule has 108 valence electrons. The van der Waals surface area contributed by atoms with Crippen LogP contribution < -0.4 is 5.32 Å². The molecule has 2 aromatic carbocycles. The van der Waals surface area contributed by atoms with Gasteiger partial charge in [0.15, 0.2) is 0 Å². The molecule has 0 spiro atoms. The zero-order valence-electron chi connectivity index (χ0n) is 11.5. The summed E-state index contributed by atoms with van der Waals surface area (Å²) in [6.07, 6.45) is 0. The highest BCUT2D eigenvalue weighted by Gasteiger charge is 2.59. The Labute approximate surface area is 132 Å². The minimum absolute atomic E-state index is 0.0775. The van der Waals surface area contributed by atoms with Crippen molar-refractivity contribution in [1.29, 1.82) is 0 Å². The molecule has 1 fully saturated rings. The van der Waals surface area contributed by atoms with Gasteiger partial charge in [-0.3, -0.25) is 14.9 Å². The maximum absolute atomic E-state index is 12.4. The molecule has 2 amide bonds. The summed E-state index contributed by atoms with van der Waals surface area (Å²) in [5.41, 5.74) is 4.42. The summed E-state index contributed by atoms with van der Waals surface area (Å²) in [6, 6.07) is 13.9. The van der Waals surface area contributed by atoms with Gasteiger partial charge in [-0.15, -0.1) is 0 Å². The topological polar surface area (TPSA) is 46.2 Å². The van der Waals surface area contributed by atoms with Crippen LogP contribution in [0.3, 0.4) is 0 Å². The molecule has 4 atom stereocenters. The standard InChI is InChI=1S/C18H12ClNO2/c19-11-7-3-6-10-12-8-4-1-2-5-9(8)14(13(10)11)16-15(12)17(21)20-18(16)22/h1-7,12,14-16H,(H,20,21,22)/t12-,14+,15+,16-/m1/s1. The van der Waals surface area contributed by atoms with Gasteiger partial charge in [-0.05, 0) is 28.3 Å². The largest absolute Gasteiger partial charge is 0.296 e. The summed E-state index contributed by atoms with van der Waals surface area (Å²) in [7, 11) is 0. The van der Waals surface area contributed by atoms with E-state index in [1.807, 2.05) is 30.3 Å². The molecule has 0 radical (unpaired) electrons. The van der Waals surface area contributed by atoms with Gasteiger partial charge in [-0.2, -0.15) is 0 Å². The van der Waals surface area contributed by atoms with Crippen LogP contribution in [0.5, 0.6) is 0 Å². The lowest BCUT2D eigenvalue weighted by atomic mass is 9.55. The van der Waals surface area contributed by atoms with Gasteiger partial charge in [0.2, 0.25) is 11.8 Å². The first-order valence-electron chi connectivity index (χ1n) is 7.40. The maximum Gasteiger partial charge on any atom is 0.231 e. The fourth-order valence-corrected chi connectivity index (χ4v) is 4.94. The molecule has 0 aromatic heterocycles. The first-order valence-corrected chi connectivity index (χ1v) is 7.78. The van der Waals surface area contributed by atoms with Crippen LogP contribution in [0, 0.1) is 11.8 Å². The average Bonchev–Trinajstić information content (AvgIpc) is 2.83. The van der Waals surface area contributed by atoms with Crippen molar-refractivity contribution in [2.45, 2.75) is 11.8 Å². The first kappa shape index (κ1) is 12.4. The first-order chi connectivity index (χ1) is 10.7. The zero-order valence-corrected chi connectivity index (χ0v) is 12.3. The van der Waals surface area contributed by atoms with Crippen molar-refractivity contribution in [1.82, 2.24) is 5.32 Å². The Balaban J connectivity index is 1.89. The molecule has 4 aliphatic rings. The molecule has 2 aromatic rings. The van der Waals surface area contributed by atoms with Crippen molar-refractivity contribution in [2.24, 2.45) is 11.8 Å². The third-order valence-corrected chi connectivity index (χ3v) is 5.69. The van der Waals surface area contributed by atoms with Gasteiger partial charge in [-0.25, -0.2) is 0 Å². The van der Waals surface area contributed by atoms with Crippen LogP contribution in [0.25, 0.3) is 0 Å². The van der Waals surface area contributed by atoms with Crippen LogP contribution in [-0.4, -0.2) is 11.8 Å². The Hall–Kier alpha value is -2.13. The molecule has 0 unspecified atom stereocenters. The predicted octanol–water partition coefficient (Wildman–Crippen LogP) is 2.82. The number of halogens is 1. The molecule has 3 nitrogen and oxygen atoms in total. The van der Waals surface area contributed by atoms with E-state index in [1.165, 1.54) is 0 Å². The van der Waals surface area contributed by atoms with E-state index in [9.17, 15) is 9.59 Å². The molecular weight excluding hydrogens is 298 g/mol. The van der Waals surface area contributed by atoms with Crippen LogP contribution in [-0.2, 0) is 9.59 Å². The van der Waals surface area contributed by atoms with Gasteiger partial charge < -0.3 is 0 Å². The van der Waals surface area contributed by atoms with Crippen molar-refractivity contribution >= 4 is 23.4 Å². The Morgan fingerprint density at radius 1 is 0.773 bits per heavy atom. The third-order valence-electron chi connectivity index (χ3n) is 5.36. The average molecular weight is 310 g/mol. The lowest BCUT2D eigenvalue weighted by Crippen LogP contribution is -2.41. The number of imide groups is 1. The number of hydrogen-bond acceptors (Lipinski definition) is 2. The molecule has 1 aliphatic heterocycles. The fraction of sp³-hybridized carbons (Fsp3) is 0.222. The third kappa shape index (κ3) is 1.29. The molecule has 4 heteroatoms. The SMILES string of the molecule is O=C1NC(=O)[C@H]2[C@@H]3c4ccccc4[C@@H](c4c(Cl)cccc43)[C@@H]12. The van der Waals surface area contributed by atoms with Crippen molar-refractivity contribution in [3.63, 3.8) is 0 Å². The van der Waals surface area contributed by atoms with Gasteiger partial charge in [0.1, 0.15) is 0 Å². The molecule has 0 saturated carbocycles. The number of benzene rings is 2. The van der Waals surface area contributed by atoms with Crippen LogP contribution >= 0.6 is 11.6 Å². The van der Waals surface area contributed by atoms with E-state index in [-0.39, 0.29) is 35.5 Å². The fourth-order valence-electron chi connectivity index (χ4n) is 4.64. The summed E-state index contributed by atoms with van der Waals surface area (Å²) < 4.78 is 0. The van der Waals surface area contributed by atoms with Gasteiger partial charge >= 0.3 is 0 Å². The van der Waals surface area contributed by atoms with Crippen molar-refractivity contribution < 1.29 is 9.59 Å². The van der Waals surface area contributed by atoms with E-state index < -0.39 is 0 Å². The van der Waals surface area contributed by atoms with E-state index in [1.54, 1.807) is 0 Å². The molecule has 1 N–H and O–H groups in total. The number of carbonyl (C=O) groups is 2. The summed E-state index contributed by atoms with van der Waals surface area (Å²) in [5, 5.41) is 3.22. The van der Waals surface area contributed by atoms with Crippen molar-refractivity contribution in [3.05, 3.63) is 69.7 Å². The number of hydrogen-bond donors (Lipinski definition) is 1. The van der Waals surface area contributed by atoms with Gasteiger partial charge in [0.25, 0.3) is 0 Å². The second kappa shape index (κ2) is 3.99. The Kier molecular flexibility index (Phi) is 2.25. The normalized spacial score (nSPS) is 30.6. The second-order valence-corrected chi connectivity index (χ2v) is 6.64. The van der Waals surface area contributed by atoms with E-state index in [0.717, 1.165) is 22.3 Å². The van der Waals surface area contributed by atoms with E-state index in [0.29, 0.717) is 5.02 Å². The van der Waals surface area contributed by atoms with Gasteiger partial charge in [-0.1, -0.05) is 48.0 Å². The number of carbonyl (C=O) groups excluding carboxylic acids is 2. The lowest BCUT2D eigenvalue weighted by Gasteiger charge is -2.46. The quantitative estimate of drug-likeness (QED) is 0.761. The van der Waals surface area contributed by atoms with Crippen LogP contribution in [0.2, 0.25) is 5.02 Å². The number of rotatable bonds is 0. The molecule has 3 aliphatic carbocycles. The number of amides is 2. The van der Waals surface area contributed by atoms with E-state index in [4.69, 9.17) is 11.6 Å². The minimum atomic E-state index is -0.334. The second-order valence-electron chi connectivity index (χ2n) is 6.23. The van der Waals surface area contributed by atoms with E-state index in [2.05, 4.69) is 17.4 Å². The Bertz CT molecular complexity index is 860. The minimum Gasteiger partial charge on any atom is -0.296 e. The highest BCUT2D eigenvalue weighted by atomic mass is 35.5. The van der Waals surface area contributed by atoms with Gasteiger partial charge in [0.05, 0.1) is 11.8 Å². The summed E-state index contributed by atoms with van der Waals surface area (Å²) in [6.45, 7) is 0. The Morgan fingerprint density at radius 2 is 1.36 bits per heavy atom. The monoisotopic (exact) mass is 309 g/mol. The van der Waals surface area contributed by atoms with Crippen molar-refractivity contribution in [2.75, 3.05) is 0 Å². The molecule has 22 heavy (non-hydrogen) atoms. The van der Waals surface area contributed by atoms with Crippen LogP contribution in [0.15, 0.2) is 42.5 Å². The summed E-state index contributed by atoms with van der Waals surface area (Å²) in [5.74, 6) is -1.15. The molecule has 6 rings (SSSR count). The maximum atomic E-state index is 12.4. The Morgan fingerprint density at radius 3 is 2.09 bits per heavy atom. The van der Waals surface area contributed by atoms with Crippen LogP contribution in [0.1, 0.15) is 34.1 Å². The highest BCUT2D eigenvalue weighted by Crippen LogP contribution is 2.60. The lowest BCUT2D eigenvalue weighted by molar-refractivity contribution is -0.126.